The number of rotatable bonds is 3. The molecule has 2 aromatic heterocycles. The van der Waals surface area contributed by atoms with Gasteiger partial charge in [-0.3, -0.25) is 14.5 Å². The van der Waals surface area contributed by atoms with Crippen LogP contribution in [0.25, 0.3) is 11.4 Å². The predicted molar refractivity (Wildman–Crippen MR) is 95.3 cm³/mol. The second kappa shape index (κ2) is 6.92. The summed E-state index contributed by atoms with van der Waals surface area (Å²) in [5.74, 6) is -0.402. The number of hydrogen-bond acceptors (Lipinski definition) is 4. The molecule has 0 saturated heterocycles. The quantitative estimate of drug-likeness (QED) is 0.702. The molecule has 3 N–H and O–H groups in total. The van der Waals surface area contributed by atoms with Crippen LogP contribution in [-0.2, 0) is 13.2 Å². The lowest BCUT2D eigenvalue weighted by Crippen LogP contribution is -2.12. The van der Waals surface area contributed by atoms with E-state index in [1.807, 2.05) is 0 Å². The van der Waals surface area contributed by atoms with Crippen molar-refractivity contribution in [3.63, 3.8) is 0 Å². The van der Waals surface area contributed by atoms with E-state index in [9.17, 15) is 18.0 Å². The Kier molecular flexibility index (Phi) is 4.79. The summed E-state index contributed by atoms with van der Waals surface area (Å²) in [6.45, 7) is 0. The molecular formula is C17H13ClF3N5O. The summed E-state index contributed by atoms with van der Waals surface area (Å²) in [5.41, 5.74) is 5.89. The zero-order valence-electron chi connectivity index (χ0n) is 13.9. The van der Waals surface area contributed by atoms with Gasteiger partial charge < -0.3 is 11.1 Å². The molecule has 2 heterocycles. The molecule has 10 heteroatoms. The fraction of sp³-hybridized carbons (Fsp3) is 0.118. The summed E-state index contributed by atoms with van der Waals surface area (Å²) >= 11 is 5.78. The summed E-state index contributed by atoms with van der Waals surface area (Å²) in [4.78, 5) is 16.3. The fourth-order valence-electron chi connectivity index (χ4n) is 2.40. The van der Waals surface area contributed by atoms with E-state index in [1.165, 1.54) is 19.3 Å². The standard InChI is InChI=1S/C17H13ClF3N5O/c1-26-13(7-14(25-26)17(19,20)21)15-12(22)6-11(8-23-15)24-16(27)9-2-4-10(18)5-3-9/h2-8H,22H2,1H3,(H,24,27). The first-order valence-corrected chi connectivity index (χ1v) is 7.97. The number of aryl methyl sites for hydroxylation is 1. The van der Waals surface area contributed by atoms with Gasteiger partial charge in [-0.15, -0.1) is 0 Å². The number of halogens is 4. The molecule has 0 atom stereocenters. The monoisotopic (exact) mass is 395 g/mol. The van der Waals surface area contributed by atoms with Gasteiger partial charge in [-0.2, -0.15) is 18.3 Å². The Morgan fingerprint density at radius 2 is 1.89 bits per heavy atom. The highest BCUT2D eigenvalue weighted by Gasteiger charge is 2.35. The van der Waals surface area contributed by atoms with E-state index in [1.54, 1.807) is 24.3 Å². The number of anilines is 2. The molecule has 0 saturated carbocycles. The summed E-state index contributed by atoms with van der Waals surface area (Å²) in [7, 11) is 1.36. The van der Waals surface area contributed by atoms with Gasteiger partial charge in [0.1, 0.15) is 5.69 Å². The highest BCUT2D eigenvalue weighted by Crippen LogP contribution is 2.33. The number of nitrogens with one attached hydrogen (secondary N) is 1. The predicted octanol–water partition coefficient (Wildman–Crippen LogP) is 3.99. The Morgan fingerprint density at radius 1 is 1.22 bits per heavy atom. The summed E-state index contributed by atoms with van der Waals surface area (Å²) in [6.07, 6.45) is -3.27. The minimum Gasteiger partial charge on any atom is -0.397 e. The van der Waals surface area contributed by atoms with Crippen molar-refractivity contribution in [3.8, 4) is 11.4 Å². The van der Waals surface area contributed by atoms with Crippen LogP contribution in [0, 0.1) is 0 Å². The van der Waals surface area contributed by atoms with Gasteiger partial charge in [0.2, 0.25) is 0 Å². The maximum atomic E-state index is 12.8. The van der Waals surface area contributed by atoms with E-state index < -0.39 is 17.8 Å². The number of amides is 1. The highest BCUT2D eigenvalue weighted by molar-refractivity contribution is 6.30. The molecule has 3 aromatic rings. The minimum atomic E-state index is -4.57. The van der Waals surface area contributed by atoms with Crippen LogP contribution in [0.3, 0.4) is 0 Å². The molecule has 6 nitrogen and oxygen atoms in total. The van der Waals surface area contributed by atoms with Crippen molar-refractivity contribution in [2.75, 3.05) is 11.1 Å². The van der Waals surface area contributed by atoms with Gasteiger partial charge in [-0.05, 0) is 36.4 Å². The summed E-state index contributed by atoms with van der Waals surface area (Å²) in [5, 5.41) is 6.54. The van der Waals surface area contributed by atoms with Crippen molar-refractivity contribution in [2.24, 2.45) is 7.05 Å². The Bertz CT molecular complexity index is 999. The number of nitrogen functional groups attached to an aromatic ring is 1. The zero-order chi connectivity index (χ0) is 19.8. The van der Waals surface area contributed by atoms with Crippen LogP contribution in [0.4, 0.5) is 24.5 Å². The molecule has 3 rings (SSSR count). The maximum Gasteiger partial charge on any atom is 0.435 e. The lowest BCUT2D eigenvalue weighted by molar-refractivity contribution is -0.141. The van der Waals surface area contributed by atoms with E-state index in [2.05, 4.69) is 15.4 Å². The Balaban J connectivity index is 1.85. The highest BCUT2D eigenvalue weighted by atomic mass is 35.5. The molecule has 0 spiro atoms. The van der Waals surface area contributed by atoms with Crippen LogP contribution in [-0.4, -0.2) is 20.7 Å². The van der Waals surface area contributed by atoms with Crippen LogP contribution in [0.5, 0.6) is 0 Å². The normalized spacial score (nSPS) is 11.4. The van der Waals surface area contributed by atoms with Crippen LogP contribution in [0.1, 0.15) is 16.1 Å². The molecule has 27 heavy (non-hydrogen) atoms. The van der Waals surface area contributed by atoms with Crippen LogP contribution < -0.4 is 11.1 Å². The zero-order valence-corrected chi connectivity index (χ0v) is 14.6. The van der Waals surface area contributed by atoms with Gasteiger partial charge >= 0.3 is 6.18 Å². The van der Waals surface area contributed by atoms with E-state index in [4.69, 9.17) is 17.3 Å². The first kappa shape index (κ1) is 18.7. The van der Waals surface area contributed by atoms with Gasteiger partial charge in [0, 0.05) is 17.6 Å². The third-order valence-corrected chi connectivity index (χ3v) is 3.95. The third-order valence-electron chi connectivity index (χ3n) is 3.69. The van der Waals surface area contributed by atoms with Crippen molar-refractivity contribution < 1.29 is 18.0 Å². The Hall–Kier alpha value is -3.07. The first-order valence-electron chi connectivity index (χ1n) is 7.59. The largest absolute Gasteiger partial charge is 0.435 e. The lowest BCUT2D eigenvalue weighted by Gasteiger charge is -2.09. The smallest absolute Gasteiger partial charge is 0.397 e. The van der Waals surface area contributed by atoms with Gasteiger partial charge in [0.15, 0.2) is 5.69 Å². The molecule has 0 bridgehead atoms. The van der Waals surface area contributed by atoms with Gasteiger partial charge in [0.25, 0.3) is 5.91 Å². The van der Waals surface area contributed by atoms with E-state index >= 15 is 0 Å². The topological polar surface area (TPSA) is 85.8 Å². The van der Waals surface area contributed by atoms with E-state index in [0.29, 0.717) is 16.3 Å². The average molecular weight is 396 g/mol. The summed E-state index contributed by atoms with van der Waals surface area (Å²) < 4.78 is 39.5. The molecule has 1 aromatic carbocycles. The van der Waals surface area contributed by atoms with Crippen LogP contribution in [0.15, 0.2) is 42.6 Å². The third kappa shape index (κ3) is 4.03. The number of carbonyl (C=O) groups is 1. The number of aromatic nitrogens is 3. The van der Waals surface area contributed by atoms with Crippen LogP contribution >= 0.6 is 11.6 Å². The lowest BCUT2D eigenvalue weighted by atomic mass is 10.2. The molecule has 0 unspecified atom stereocenters. The average Bonchev–Trinajstić information content (AvgIpc) is 2.97. The van der Waals surface area contributed by atoms with Crippen molar-refractivity contribution in [2.45, 2.75) is 6.18 Å². The van der Waals surface area contributed by atoms with Crippen molar-refractivity contribution in [1.82, 2.24) is 14.8 Å². The van der Waals surface area contributed by atoms with Gasteiger partial charge in [0.05, 0.1) is 23.3 Å². The number of carbonyl (C=O) groups excluding carboxylic acids is 1. The minimum absolute atomic E-state index is 0.0978. The molecule has 0 aliphatic heterocycles. The number of alkyl halides is 3. The fourth-order valence-corrected chi connectivity index (χ4v) is 2.52. The maximum absolute atomic E-state index is 12.8. The number of nitrogens with two attached hydrogens (primary N) is 1. The summed E-state index contributed by atoms with van der Waals surface area (Å²) in [6, 6.07) is 8.54. The van der Waals surface area contributed by atoms with E-state index in [0.717, 1.165) is 10.7 Å². The van der Waals surface area contributed by atoms with Crippen molar-refractivity contribution in [1.29, 1.82) is 0 Å². The molecule has 140 valence electrons. The van der Waals surface area contributed by atoms with Crippen LogP contribution in [0.2, 0.25) is 5.02 Å². The number of hydrogen-bond donors (Lipinski definition) is 2. The SMILES string of the molecule is Cn1nc(C(F)(F)F)cc1-c1ncc(NC(=O)c2ccc(Cl)cc2)cc1N. The molecule has 0 aliphatic carbocycles. The second-order valence-electron chi connectivity index (χ2n) is 5.66. The molecular weight excluding hydrogens is 383 g/mol. The molecule has 0 fully saturated rings. The van der Waals surface area contributed by atoms with Crippen molar-refractivity contribution >= 4 is 28.9 Å². The first-order chi connectivity index (χ1) is 12.6. The Morgan fingerprint density at radius 3 is 2.44 bits per heavy atom. The number of nitrogens with zero attached hydrogens (tertiary/aromatic N) is 3. The molecule has 0 aliphatic rings. The molecule has 0 radical (unpaired) electrons. The second-order valence-corrected chi connectivity index (χ2v) is 6.10. The molecule has 1 amide bonds. The van der Waals surface area contributed by atoms with Crippen molar-refractivity contribution in [3.05, 3.63) is 58.9 Å². The number of benzene rings is 1. The van der Waals surface area contributed by atoms with Gasteiger partial charge in [-0.1, -0.05) is 11.6 Å². The Labute approximate surface area is 156 Å². The van der Waals surface area contributed by atoms with Gasteiger partial charge in [-0.25, -0.2) is 0 Å². The number of pyridine rings is 1. The van der Waals surface area contributed by atoms with E-state index in [-0.39, 0.29) is 17.1 Å².